The Morgan fingerprint density at radius 2 is 1.63 bits per heavy atom. The molecule has 0 spiro atoms. The molecule has 1 unspecified atom stereocenters. The van der Waals surface area contributed by atoms with Gasteiger partial charge in [-0.05, 0) is 36.8 Å². The summed E-state index contributed by atoms with van der Waals surface area (Å²) in [6.07, 6.45) is -1.04. The van der Waals surface area contributed by atoms with Crippen LogP contribution in [0, 0.1) is 0 Å². The molecule has 2 aromatic carbocycles. The summed E-state index contributed by atoms with van der Waals surface area (Å²) in [5.74, 6) is -0.847. The maximum absolute atomic E-state index is 12.4. The predicted octanol–water partition coefficient (Wildman–Crippen LogP) is 1.96. The van der Waals surface area contributed by atoms with Gasteiger partial charge in [0.2, 0.25) is 0 Å². The molecule has 0 radical (unpaired) electrons. The highest BCUT2D eigenvalue weighted by atomic mass is 16.6. The van der Waals surface area contributed by atoms with E-state index >= 15 is 0 Å². The third kappa shape index (κ3) is 3.98. The number of aliphatic hydroxyl groups is 1. The molecule has 1 aliphatic heterocycles. The normalized spacial score (nSPS) is 14.1. The first-order valence-electron chi connectivity index (χ1n) is 8.53. The summed E-state index contributed by atoms with van der Waals surface area (Å²) >= 11 is 0. The first-order chi connectivity index (χ1) is 13.0. The molecule has 0 fully saturated rings. The highest BCUT2D eigenvalue weighted by Crippen LogP contribution is 2.26. The van der Waals surface area contributed by atoms with E-state index in [4.69, 9.17) is 9.47 Å². The lowest BCUT2D eigenvalue weighted by Gasteiger charge is -2.19. The van der Waals surface area contributed by atoms with E-state index in [1.807, 2.05) is 0 Å². The van der Waals surface area contributed by atoms with Crippen molar-refractivity contribution in [1.82, 2.24) is 4.90 Å². The zero-order valence-electron chi connectivity index (χ0n) is 14.8. The SMILES string of the molecule is CCOC(=O)COc1ccc(C(O)CN2C(=O)c3ccccc3C2=O)cc1. The Kier molecular flexibility index (Phi) is 5.52. The molecule has 2 amide bonds. The average Bonchev–Trinajstić information content (AvgIpc) is 2.92. The monoisotopic (exact) mass is 369 g/mol. The van der Waals surface area contributed by atoms with Crippen molar-refractivity contribution in [3.8, 4) is 5.75 Å². The van der Waals surface area contributed by atoms with E-state index in [-0.39, 0.29) is 19.8 Å². The third-order valence-corrected chi connectivity index (χ3v) is 4.16. The summed E-state index contributed by atoms with van der Waals surface area (Å²) in [4.78, 5) is 37.0. The van der Waals surface area contributed by atoms with Crippen LogP contribution in [0.3, 0.4) is 0 Å². The number of amides is 2. The maximum Gasteiger partial charge on any atom is 0.344 e. The summed E-state index contributed by atoms with van der Waals surface area (Å²) in [7, 11) is 0. The van der Waals surface area contributed by atoms with Crippen LogP contribution >= 0.6 is 0 Å². The van der Waals surface area contributed by atoms with Gasteiger partial charge in [0.05, 0.1) is 30.4 Å². The summed E-state index contributed by atoms with van der Waals surface area (Å²) in [6.45, 7) is 1.65. The van der Waals surface area contributed by atoms with E-state index in [1.165, 1.54) is 0 Å². The molecule has 0 bridgehead atoms. The fourth-order valence-electron chi connectivity index (χ4n) is 2.81. The molecule has 1 aliphatic rings. The lowest BCUT2D eigenvalue weighted by Crippen LogP contribution is -2.33. The van der Waals surface area contributed by atoms with Gasteiger partial charge in [-0.25, -0.2) is 4.79 Å². The molecular formula is C20H19NO6. The summed E-state index contributed by atoms with van der Waals surface area (Å²) in [6, 6.07) is 13.0. The number of nitrogens with zero attached hydrogens (tertiary/aromatic N) is 1. The number of fused-ring (bicyclic) bond motifs is 1. The molecule has 0 aromatic heterocycles. The quantitative estimate of drug-likeness (QED) is 0.592. The summed E-state index contributed by atoms with van der Waals surface area (Å²) in [5, 5.41) is 10.4. The molecule has 3 rings (SSSR count). The fraction of sp³-hybridized carbons (Fsp3) is 0.250. The minimum atomic E-state index is -1.04. The summed E-state index contributed by atoms with van der Waals surface area (Å²) in [5.41, 5.74) is 1.21. The van der Waals surface area contributed by atoms with E-state index < -0.39 is 23.9 Å². The molecule has 27 heavy (non-hydrogen) atoms. The Bertz CT molecular complexity index is 826. The van der Waals surface area contributed by atoms with Gasteiger partial charge in [0.15, 0.2) is 6.61 Å². The van der Waals surface area contributed by atoms with E-state index in [0.717, 1.165) is 4.90 Å². The van der Waals surface area contributed by atoms with Crippen molar-refractivity contribution in [3.63, 3.8) is 0 Å². The van der Waals surface area contributed by atoms with Gasteiger partial charge >= 0.3 is 5.97 Å². The van der Waals surface area contributed by atoms with E-state index in [0.29, 0.717) is 22.4 Å². The molecule has 1 N–H and O–H groups in total. The molecule has 1 atom stereocenters. The lowest BCUT2D eigenvalue weighted by molar-refractivity contribution is -0.145. The molecule has 140 valence electrons. The van der Waals surface area contributed by atoms with Crippen molar-refractivity contribution in [2.24, 2.45) is 0 Å². The van der Waals surface area contributed by atoms with E-state index in [1.54, 1.807) is 55.5 Å². The van der Waals surface area contributed by atoms with Crippen molar-refractivity contribution in [3.05, 3.63) is 65.2 Å². The van der Waals surface area contributed by atoms with Gasteiger partial charge in [0.1, 0.15) is 5.75 Å². The smallest absolute Gasteiger partial charge is 0.344 e. The number of carbonyl (C=O) groups excluding carboxylic acids is 3. The van der Waals surface area contributed by atoms with E-state index in [2.05, 4.69) is 0 Å². The molecule has 0 saturated carbocycles. The minimum Gasteiger partial charge on any atom is -0.482 e. The van der Waals surface area contributed by atoms with Gasteiger partial charge in [-0.2, -0.15) is 0 Å². The molecular weight excluding hydrogens is 350 g/mol. The molecule has 7 nitrogen and oxygen atoms in total. The second-order valence-corrected chi connectivity index (χ2v) is 5.95. The van der Waals surface area contributed by atoms with Gasteiger partial charge in [0.25, 0.3) is 11.8 Å². The van der Waals surface area contributed by atoms with Gasteiger partial charge in [0, 0.05) is 0 Å². The van der Waals surface area contributed by atoms with Gasteiger partial charge < -0.3 is 14.6 Å². The lowest BCUT2D eigenvalue weighted by atomic mass is 10.1. The van der Waals surface area contributed by atoms with Crippen LogP contribution in [0.25, 0.3) is 0 Å². The Balaban J connectivity index is 1.62. The van der Waals surface area contributed by atoms with Crippen molar-refractivity contribution in [2.45, 2.75) is 13.0 Å². The Hall–Kier alpha value is -3.19. The highest BCUT2D eigenvalue weighted by molar-refractivity contribution is 6.21. The fourth-order valence-corrected chi connectivity index (χ4v) is 2.81. The number of benzene rings is 2. The topological polar surface area (TPSA) is 93.1 Å². The number of aliphatic hydroxyl groups excluding tert-OH is 1. The largest absolute Gasteiger partial charge is 0.482 e. The van der Waals surface area contributed by atoms with E-state index in [9.17, 15) is 19.5 Å². The number of hydrogen-bond acceptors (Lipinski definition) is 6. The predicted molar refractivity (Wildman–Crippen MR) is 95.3 cm³/mol. The maximum atomic E-state index is 12.4. The number of ether oxygens (including phenoxy) is 2. The number of esters is 1. The van der Waals surface area contributed by atoms with Crippen molar-refractivity contribution >= 4 is 17.8 Å². The van der Waals surface area contributed by atoms with Gasteiger partial charge in [-0.1, -0.05) is 24.3 Å². The standard InChI is InChI=1S/C20H19NO6/c1-2-26-18(23)12-27-14-9-7-13(8-10-14)17(22)11-21-19(24)15-5-3-4-6-16(15)20(21)25/h3-10,17,22H,2,11-12H2,1H3. The second kappa shape index (κ2) is 8.01. The van der Waals surface area contributed by atoms with Crippen LogP contribution in [-0.4, -0.2) is 47.5 Å². The number of hydrogen-bond donors (Lipinski definition) is 1. The first kappa shape index (κ1) is 18.6. The van der Waals surface area contributed by atoms with Crippen molar-refractivity contribution in [1.29, 1.82) is 0 Å². The van der Waals surface area contributed by atoms with Crippen LogP contribution in [-0.2, 0) is 9.53 Å². The average molecular weight is 369 g/mol. The van der Waals surface area contributed by atoms with Crippen LogP contribution in [0.5, 0.6) is 5.75 Å². The van der Waals surface area contributed by atoms with Crippen molar-refractivity contribution < 1.29 is 29.0 Å². The minimum absolute atomic E-state index is 0.143. The van der Waals surface area contributed by atoms with Crippen LogP contribution in [0.2, 0.25) is 0 Å². The molecule has 0 saturated heterocycles. The van der Waals surface area contributed by atoms with Crippen molar-refractivity contribution in [2.75, 3.05) is 19.8 Å². The zero-order valence-corrected chi connectivity index (χ0v) is 14.8. The Morgan fingerprint density at radius 3 is 2.19 bits per heavy atom. The first-order valence-corrected chi connectivity index (χ1v) is 8.53. The Labute approximate surface area is 156 Å². The van der Waals surface area contributed by atoms with Crippen LogP contribution in [0.4, 0.5) is 0 Å². The number of carbonyl (C=O) groups is 3. The zero-order chi connectivity index (χ0) is 19.4. The number of β-amino-alcohol motifs (C(OH)–C–C–N with tert-alkyl or cyclic N) is 1. The highest BCUT2D eigenvalue weighted by Gasteiger charge is 2.36. The van der Waals surface area contributed by atoms with Crippen LogP contribution in [0.1, 0.15) is 39.3 Å². The van der Waals surface area contributed by atoms with Gasteiger partial charge in [-0.3, -0.25) is 14.5 Å². The third-order valence-electron chi connectivity index (χ3n) is 4.16. The number of rotatable bonds is 7. The number of imide groups is 1. The summed E-state index contributed by atoms with van der Waals surface area (Å²) < 4.78 is 10.1. The van der Waals surface area contributed by atoms with Gasteiger partial charge in [-0.15, -0.1) is 0 Å². The van der Waals surface area contributed by atoms with Crippen LogP contribution in [0.15, 0.2) is 48.5 Å². The molecule has 1 heterocycles. The molecule has 7 heteroatoms. The van der Waals surface area contributed by atoms with Crippen LogP contribution < -0.4 is 4.74 Å². The molecule has 0 aliphatic carbocycles. The Morgan fingerprint density at radius 1 is 1.04 bits per heavy atom. The second-order valence-electron chi connectivity index (χ2n) is 5.95. The molecule has 2 aromatic rings.